The number of benzene rings is 2. The Morgan fingerprint density at radius 1 is 1.17 bits per heavy atom. The van der Waals surface area contributed by atoms with Crippen LogP contribution >= 0.6 is 11.6 Å². The third kappa shape index (κ3) is 3.79. The summed E-state index contributed by atoms with van der Waals surface area (Å²) in [6, 6.07) is 9.34. The quantitative estimate of drug-likeness (QED) is 0.764. The van der Waals surface area contributed by atoms with Crippen LogP contribution in [0.2, 0.25) is 5.02 Å². The third-order valence-electron chi connectivity index (χ3n) is 5.81. The van der Waals surface area contributed by atoms with Gasteiger partial charge in [0, 0.05) is 16.4 Å². The average molecular weight is 410 g/mol. The van der Waals surface area contributed by atoms with Gasteiger partial charge in [-0.25, -0.2) is 0 Å². The molecule has 1 fully saturated rings. The lowest BCUT2D eigenvalue weighted by Gasteiger charge is -2.25. The molecule has 2 aliphatic rings. The van der Waals surface area contributed by atoms with E-state index in [0.717, 1.165) is 47.4 Å². The highest BCUT2D eigenvalue weighted by molar-refractivity contribution is 6.31. The number of rotatable bonds is 3. The van der Waals surface area contributed by atoms with Gasteiger partial charge >= 0.3 is 0 Å². The number of anilines is 2. The smallest absolute Gasteiger partial charge is 0.244 e. The number of aryl methyl sites for hydroxylation is 3. The van der Waals surface area contributed by atoms with Gasteiger partial charge in [0.05, 0.1) is 17.3 Å². The molecular weight excluding hydrogens is 386 g/mol. The summed E-state index contributed by atoms with van der Waals surface area (Å²) in [6.07, 6.45) is 2.58. The third-order valence-corrected chi connectivity index (χ3v) is 6.05. The molecule has 1 atom stereocenters. The number of amides is 2. The number of aliphatic imine (C=N–C) groups is 1. The molecule has 6 heteroatoms. The van der Waals surface area contributed by atoms with Gasteiger partial charge in [0.25, 0.3) is 0 Å². The van der Waals surface area contributed by atoms with Crippen LogP contribution in [0.3, 0.4) is 0 Å². The molecule has 0 radical (unpaired) electrons. The Morgan fingerprint density at radius 3 is 2.72 bits per heavy atom. The molecule has 0 aromatic heterocycles. The van der Waals surface area contributed by atoms with Gasteiger partial charge in [0.2, 0.25) is 11.8 Å². The molecule has 29 heavy (non-hydrogen) atoms. The Labute approximate surface area is 175 Å². The molecule has 1 aliphatic heterocycles. The van der Waals surface area contributed by atoms with E-state index in [9.17, 15) is 9.59 Å². The van der Waals surface area contributed by atoms with Crippen molar-refractivity contribution in [2.75, 3.05) is 16.8 Å². The van der Waals surface area contributed by atoms with E-state index in [0.29, 0.717) is 16.4 Å². The SMILES string of the molecule is Cc1cc2c(cc1C)N(CC(=O)Nc1cc(Cl)ccc1C)C(=O)[C@H]1CCCC1=N2. The minimum atomic E-state index is -0.255. The highest BCUT2D eigenvalue weighted by atomic mass is 35.5. The minimum absolute atomic E-state index is 0.0405. The van der Waals surface area contributed by atoms with Crippen molar-refractivity contribution in [2.24, 2.45) is 10.9 Å². The van der Waals surface area contributed by atoms with E-state index in [1.165, 1.54) is 0 Å². The summed E-state index contributed by atoms with van der Waals surface area (Å²) in [5.41, 5.74) is 6.18. The normalized spacial score (nSPS) is 18.1. The molecule has 2 aromatic carbocycles. The van der Waals surface area contributed by atoms with Crippen LogP contribution in [0.5, 0.6) is 0 Å². The van der Waals surface area contributed by atoms with Crippen LogP contribution in [0.4, 0.5) is 17.1 Å². The first kappa shape index (κ1) is 19.6. The number of carbonyl (C=O) groups is 2. The van der Waals surface area contributed by atoms with Crippen LogP contribution < -0.4 is 10.2 Å². The Kier molecular flexibility index (Phi) is 5.17. The molecule has 2 amide bonds. The highest BCUT2D eigenvalue weighted by Gasteiger charge is 2.37. The second-order valence-corrected chi connectivity index (χ2v) is 8.34. The predicted molar refractivity (Wildman–Crippen MR) is 118 cm³/mol. The van der Waals surface area contributed by atoms with Crippen LogP contribution in [0, 0.1) is 26.7 Å². The van der Waals surface area contributed by atoms with Crippen LogP contribution in [0.25, 0.3) is 0 Å². The molecular formula is C23H24ClN3O2. The first-order valence-electron chi connectivity index (χ1n) is 9.89. The van der Waals surface area contributed by atoms with Crippen LogP contribution in [0.1, 0.15) is 36.0 Å². The van der Waals surface area contributed by atoms with Gasteiger partial charge < -0.3 is 10.2 Å². The summed E-state index contributed by atoms with van der Waals surface area (Å²) in [7, 11) is 0. The van der Waals surface area contributed by atoms with Gasteiger partial charge in [-0.05, 0) is 81.0 Å². The van der Waals surface area contributed by atoms with Crippen molar-refractivity contribution < 1.29 is 9.59 Å². The van der Waals surface area contributed by atoms with E-state index < -0.39 is 0 Å². The van der Waals surface area contributed by atoms with Gasteiger partial charge in [-0.1, -0.05) is 17.7 Å². The van der Waals surface area contributed by atoms with E-state index in [1.807, 2.05) is 39.0 Å². The van der Waals surface area contributed by atoms with Gasteiger partial charge in [-0.15, -0.1) is 0 Å². The maximum Gasteiger partial charge on any atom is 0.244 e. The zero-order chi connectivity index (χ0) is 20.7. The molecule has 0 spiro atoms. The fourth-order valence-corrected chi connectivity index (χ4v) is 4.18. The van der Waals surface area contributed by atoms with Gasteiger partial charge in [0.15, 0.2) is 0 Å². The van der Waals surface area contributed by atoms with Crippen molar-refractivity contribution in [2.45, 2.75) is 40.0 Å². The number of fused-ring (bicyclic) bond motifs is 2. The average Bonchev–Trinajstić information content (AvgIpc) is 3.10. The largest absolute Gasteiger partial charge is 0.324 e. The molecule has 0 unspecified atom stereocenters. The first-order chi connectivity index (χ1) is 13.8. The summed E-state index contributed by atoms with van der Waals surface area (Å²) >= 11 is 6.07. The monoisotopic (exact) mass is 409 g/mol. The second-order valence-electron chi connectivity index (χ2n) is 7.90. The Morgan fingerprint density at radius 2 is 1.93 bits per heavy atom. The van der Waals surface area contributed by atoms with Crippen molar-refractivity contribution in [1.82, 2.24) is 0 Å². The Bertz CT molecular complexity index is 1040. The zero-order valence-corrected chi connectivity index (χ0v) is 17.6. The van der Waals surface area contributed by atoms with Crippen molar-refractivity contribution in [3.63, 3.8) is 0 Å². The zero-order valence-electron chi connectivity index (χ0n) is 16.9. The molecule has 1 aliphatic carbocycles. The number of hydrogen-bond acceptors (Lipinski definition) is 3. The molecule has 4 rings (SSSR count). The Balaban J connectivity index is 1.67. The van der Waals surface area contributed by atoms with Crippen LogP contribution in [-0.2, 0) is 9.59 Å². The second kappa shape index (κ2) is 7.64. The van der Waals surface area contributed by atoms with Gasteiger partial charge in [-0.3, -0.25) is 14.6 Å². The van der Waals surface area contributed by atoms with Gasteiger partial charge in [-0.2, -0.15) is 0 Å². The Hall–Kier alpha value is -2.66. The summed E-state index contributed by atoms with van der Waals surface area (Å²) in [5.74, 6) is -0.528. The summed E-state index contributed by atoms with van der Waals surface area (Å²) in [6.45, 7) is 5.89. The lowest BCUT2D eigenvalue weighted by atomic mass is 10.0. The maximum absolute atomic E-state index is 13.3. The molecule has 2 aromatic rings. The van der Waals surface area contributed by atoms with Crippen molar-refractivity contribution >= 4 is 46.2 Å². The first-order valence-corrected chi connectivity index (χ1v) is 10.3. The topological polar surface area (TPSA) is 61.8 Å². The van der Waals surface area contributed by atoms with Gasteiger partial charge in [0.1, 0.15) is 6.54 Å². The highest BCUT2D eigenvalue weighted by Crippen LogP contribution is 2.39. The molecule has 1 saturated carbocycles. The number of halogens is 1. The number of carbonyl (C=O) groups excluding carboxylic acids is 2. The summed E-state index contributed by atoms with van der Waals surface area (Å²) < 4.78 is 0. The summed E-state index contributed by atoms with van der Waals surface area (Å²) in [5, 5.41) is 3.45. The molecule has 0 bridgehead atoms. The predicted octanol–water partition coefficient (Wildman–Crippen LogP) is 5.12. The molecule has 5 nitrogen and oxygen atoms in total. The van der Waals surface area contributed by atoms with E-state index in [-0.39, 0.29) is 24.3 Å². The lowest BCUT2D eigenvalue weighted by molar-refractivity contribution is -0.122. The molecule has 1 heterocycles. The fourth-order valence-electron chi connectivity index (χ4n) is 4.01. The van der Waals surface area contributed by atoms with Crippen molar-refractivity contribution in [1.29, 1.82) is 0 Å². The molecule has 1 N–H and O–H groups in total. The van der Waals surface area contributed by atoms with E-state index in [2.05, 4.69) is 5.32 Å². The maximum atomic E-state index is 13.3. The van der Waals surface area contributed by atoms with Crippen molar-refractivity contribution in [3.8, 4) is 0 Å². The van der Waals surface area contributed by atoms with Crippen LogP contribution in [-0.4, -0.2) is 24.1 Å². The number of nitrogens with zero attached hydrogens (tertiary/aromatic N) is 2. The van der Waals surface area contributed by atoms with E-state index in [1.54, 1.807) is 17.0 Å². The van der Waals surface area contributed by atoms with Crippen LogP contribution in [0.15, 0.2) is 35.3 Å². The molecule has 150 valence electrons. The minimum Gasteiger partial charge on any atom is -0.324 e. The van der Waals surface area contributed by atoms with E-state index >= 15 is 0 Å². The molecule has 0 saturated heterocycles. The number of hydrogen-bond donors (Lipinski definition) is 1. The standard InChI is InChI=1S/C23H24ClN3O2/c1-13-7-8-16(24)11-19(13)26-22(28)12-27-21-10-15(3)14(2)9-20(21)25-18-6-4-5-17(18)23(27)29/h7-11,17H,4-6,12H2,1-3H3,(H,26,28)/t17-/m0/s1. The fraction of sp³-hybridized carbons (Fsp3) is 0.348. The summed E-state index contributed by atoms with van der Waals surface area (Å²) in [4.78, 5) is 32.6. The van der Waals surface area contributed by atoms with Crippen molar-refractivity contribution in [3.05, 3.63) is 52.0 Å². The number of nitrogens with one attached hydrogen (secondary N) is 1. The lowest BCUT2D eigenvalue weighted by Crippen LogP contribution is -2.42. The van der Waals surface area contributed by atoms with E-state index in [4.69, 9.17) is 16.6 Å².